The predicted molar refractivity (Wildman–Crippen MR) is 199 cm³/mol. The van der Waals surface area contributed by atoms with Gasteiger partial charge >= 0.3 is 11.4 Å². The molecule has 8 atom stereocenters. The SMILES string of the molecule is CCCCCCCCCCCCCCCC(=O)Nc1ccn(C2C[C@H](CO)[C@@H](O)[C@@H]2C#N)c(=O)n1.N#C[C@@H]1C(n2ccc(N)nc2=O)C[C@H](CO)[C@H]1O. The molecular weight excluding hydrogens is 680 g/mol. The molecule has 292 valence electrons. The van der Waals surface area contributed by atoms with Crippen molar-refractivity contribution in [3.8, 4) is 12.1 Å². The van der Waals surface area contributed by atoms with Crippen LogP contribution in [0.3, 0.4) is 0 Å². The third-order valence-corrected chi connectivity index (χ3v) is 10.6. The van der Waals surface area contributed by atoms with Crippen LogP contribution in [0.2, 0.25) is 0 Å². The van der Waals surface area contributed by atoms with Crippen LogP contribution in [0.5, 0.6) is 0 Å². The molecule has 53 heavy (non-hydrogen) atoms. The highest BCUT2D eigenvalue weighted by Crippen LogP contribution is 2.40. The smallest absolute Gasteiger partial charge is 0.349 e. The highest BCUT2D eigenvalue weighted by Gasteiger charge is 2.44. The largest absolute Gasteiger partial charge is 0.396 e. The molecule has 15 nitrogen and oxygen atoms in total. The van der Waals surface area contributed by atoms with E-state index in [0.717, 1.165) is 19.3 Å². The summed E-state index contributed by atoms with van der Waals surface area (Å²) in [5.74, 6) is -2.23. The number of nitrogens with two attached hydrogens (primary N) is 1. The van der Waals surface area contributed by atoms with Crippen molar-refractivity contribution >= 4 is 17.5 Å². The summed E-state index contributed by atoms with van der Waals surface area (Å²) in [6, 6.07) is 6.00. The first-order valence-corrected chi connectivity index (χ1v) is 19.2. The normalized spacial score (nSPS) is 24.9. The summed E-state index contributed by atoms with van der Waals surface area (Å²) in [6.45, 7) is 1.79. The van der Waals surface area contributed by atoms with E-state index in [-0.39, 0.29) is 30.8 Å². The number of amides is 1. The number of aliphatic hydroxyl groups excluding tert-OH is 4. The molecule has 2 unspecified atom stereocenters. The van der Waals surface area contributed by atoms with Crippen molar-refractivity contribution in [3.05, 3.63) is 45.5 Å². The summed E-state index contributed by atoms with van der Waals surface area (Å²) in [6.07, 6.45) is 18.4. The van der Waals surface area contributed by atoms with Gasteiger partial charge in [0.05, 0.1) is 48.3 Å². The molecule has 0 aromatic carbocycles. The molecule has 2 aliphatic rings. The second-order valence-electron chi connectivity index (χ2n) is 14.4. The van der Waals surface area contributed by atoms with E-state index in [4.69, 9.17) is 16.1 Å². The number of aromatic nitrogens is 4. The average molecular weight is 739 g/mol. The molecule has 2 saturated carbocycles. The second-order valence-corrected chi connectivity index (χ2v) is 14.4. The molecule has 0 spiro atoms. The summed E-state index contributed by atoms with van der Waals surface area (Å²) in [5, 5.41) is 59.7. The lowest BCUT2D eigenvalue weighted by Gasteiger charge is -2.17. The van der Waals surface area contributed by atoms with Crippen molar-refractivity contribution in [3.63, 3.8) is 0 Å². The third kappa shape index (κ3) is 12.7. The standard InChI is InChI=1S/C27H44N4O4.C11H14N4O3/c1-2-3-4-5-6-7-8-9-10-11-12-13-14-15-25(33)29-24-16-17-31(27(35)30-24)23-18-21(20-32)26(34)22(23)19-28;12-4-7-8(3-6(5-16)10(7)17)15-2-1-9(13)14-11(15)18/h16-17,21-23,26,32,34H,2-15,18,20H2,1H3,(H,29,30,33,35);1-2,6-8,10,16-17H,3,5H2,(H2,13,14,18)/t21-,22-,23?,26-;6-,7-,8?,10-/m11/s1. The number of hydrogen-bond donors (Lipinski definition) is 6. The Morgan fingerprint density at radius 3 is 1.62 bits per heavy atom. The van der Waals surface area contributed by atoms with Gasteiger partial charge in [-0.05, 0) is 31.4 Å². The van der Waals surface area contributed by atoms with Crippen LogP contribution in [0.4, 0.5) is 11.6 Å². The Labute approximate surface area is 311 Å². The van der Waals surface area contributed by atoms with Crippen molar-refractivity contribution in [2.75, 3.05) is 24.3 Å². The summed E-state index contributed by atoms with van der Waals surface area (Å²) < 4.78 is 2.61. The van der Waals surface area contributed by atoms with Crippen LogP contribution >= 0.6 is 0 Å². The Hall–Kier alpha value is -4.15. The number of nitrogen functional groups attached to an aromatic ring is 1. The Bertz CT molecular complexity index is 1620. The number of nitrogens with one attached hydrogen (secondary N) is 1. The molecule has 2 fully saturated rings. The highest BCUT2D eigenvalue weighted by molar-refractivity contribution is 5.89. The summed E-state index contributed by atoms with van der Waals surface area (Å²) >= 11 is 0. The Morgan fingerprint density at radius 1 is 0.774 bits per heavy atom. The van der Waals surface area contributed by atoms with Gasteiger partial charge in [0.25, 0.3) is 0 Å². The minimum Gasteiger partial charge on any atom is -0.396 e. The number of nitriles is 2. The first-order valence-electron chi connectivity index (χ1n) is 19.2. The maximum atomic E-state index is 12.5. The van der Waals surface area contributed by atoms with Crippen LogP contribution in [0.25, 0.3) is 0 Å². The van der Waals surface area contributed by atoms with Crippen molar-refractivity contribution in [1.82, 2.24) is 19.1 Å². The van der Waals surface area contributed by atoms with Gasteiger partial charge in [-0.3, -0.25) is 13.9 Å². The van der Waals surface area contributed by atoms with Crippen LogP contribution in [0.15, 0.2) is 34.1 Å². The lowest BCUT2D eigenvalue weighted by Crippen LogP contribution is -2.31. The number of rotatable bonds is 19. The number of carbonyl (C=O) groups excluding carboxylic acids is 1. The lowest BCUT2D eigenvalue weighted by atomic mass is 10.0. The van der Waals surface area contributed by atoms with Crippen LogP contribution in [0, 0.1) is 46.3 Å². The first-order chi connectivity index (χ1) is 25.6. The Kier molecular flexibility index (Phi) is 18.6. The van der Waals surface area contributed by atoms with E-state index < -0.39 is 59.3 Å². The quantitative estimate of drug-likeness (QED) is 0.113. The Morgan fingerprint density at radius 2 is 1.21 bits per heavy atom. The molecule has 4 rings (SSSR count). The van der Waals surface area contributed by atoms with Crippen LogP contribution in [0.1, 0.15) is 122 Å². The molecule has 0 bridgehead atoms. The van der Waals surface area contributed by atoms with Gasteiger partial charge in [-0.25, -0.2) is 9.59 Å². The number of aliphatic hydroxyl groups is 4. The maximum absolute atomic E-state index is 12.5. The zero-order chi connectivity index (χ0) is 38.8. The lowest BCUT2D eigenvalue weighted by molar-refractivity contribution is -0.116. The van der Waals surface area contributed by atoms with E-state index in [1.807, 2.05) is 12.1 Å². The maximum Gasteiger partial charge on any atom is 0.349 e. The van der Waals surface area contributed by atoms with Crippen molar-refractivity contribution < 1.29 is 25.2 Å². The van der Waals surface area contributed by atoms with Gasteiger partial charge < -0.3 is 31.5 Å². The van der Waals surface area contributed by atoms with Crippen molar-refractivity contribution in [2.45, 2.75) is 134 Å². The van der Waals surface area contributed by atoms with Gasteiger partial charge in [-0.15, -0.1) is 0 Å². The van der Waals surface area contributed by atoms with E-state index in [1.165, 1.54) is 97.9 Å². The van der Waals surface area contributed by atoms with E-state index in [2.05, 4.69) is 22.2 Å². The molecular formula is C38H58N8O7. The summed E-state index contributed by atoms with van der Waals surface area (Å²) in [4.78, 5) is 44.0. The van der Waals surface area contributed by atoms with E-state index in [1.54, 1.807) is 0 Å². The first kappa shape index (κ1) is 43.3. The van der Waals surface area contributed by atoms with E-state index >= 15 is 0 Å². The third-order valence-electron chi connectivity index (χ3n) is 10.6. The van der Waals surface area contributed by atoms with Gasteiger partial charge in [0.15, 0.2) is 0 Å². The number of nitrogens with zero attached hydrogens (tertiary/aromatic N) is 6. The average Bonchev–Trinajstić information content (AvgIpc) is 3.64. The van der Waals surface area contributed by atoms with E-state index in [0.29, 0.717) is 19.3 Å². The molecule has 1 amide bonds. The zero-order valence-corrected chi connectivity index (χ0v) is 30.9. The van der Waals surface area contributed by atoms with Gasteiger partial charge in [0, 0.05) is 43.9 Å². The van der Waals surface area contributed by atoms with Gasteiger partial charge in [-0.2, -0.15) is 20.5 Å². The molecule has 7 N–H and O–H groups in total. The van der Waals surface area contributed by atoms with Gasteiger partial charge in [0.2, 0.25) is 5.91 Å². The molecule has 2 heterocycles. The van der Waals surface area contributed by atoms with Crippen molar-refractivity contribution in [2.24, 2.45) is 23.7 Å². The number of carbonyl (C=O) groups is 1. The van der Waals surface area contributed by atoms with Crippen molar-refractivity contribution in [1.29, 1.82) is 10.5 Å². The molecule has 2 aromatic rings. The number of hydrogen-bond acceptors (Lipinski definition) is 12. The summed E-state index contributed by atoms with van der Waals surface area (Å²) in [5.41, 5.74) is 4.26. The fraction of sp³-hybridized carbons (Fsp3) is 0.711. The van der Waals surface area contributed by atoms with Crippen LogP contribution in [-0.4, -0.2) is 70.9 Å². The van der Waals surface area contributed by atoms with Gasteiger partial charge in [0.1, 0.15) is 11.6 Å². The fourth-order valence-corrected chi connectivity index (χ4v) is 7.42. The molecule has 0 saturated heterocycles. The fourth-order valence-electron chi connectivity index (χ4n) is 7.42. The molecule has 15 heteroatoms. The summed E-state index contributed by atoms with van der Waals surface area (Å²) in [7, 11) is 0. The molecule has 2 aromatic heterocycles. The predicted octanol–water partition coefficient (Wildman–Crippen LogP) is 3.60. The highest BCUT2D eigenvalue weighted by atomic mass is 16.3. The van der Waals surface area contributed by atoms with E-state index in [9.17, 15) is 35.0 Å². The molecule has 2 aliphatic carbocycles. The van der Waals surface area contributed by atoms with Gasteiger partial charge in [-0.1, -0.05) is 84.0 Å². The molecule has 0 radical (unpaired) electrons. The minimum absolute atomic E-state index is 0.113. The topological polar surface area (TPSA) is 253 Å². The van der Waals surface area contributed by atoms with Crippen LogP contribution in [-0.2, 0) is 4.79 Å². The number of unbranched alkanes of at least 4 members (excludes halogenated alkanes) is 12. The second kappa shape index (κ2) is 22.8. The van der Waals surface area contributed by atoms with Crippen LogP contribution < -0.4 is 22.4 Å². The Balaban J connectivity index is 0.000000350. The zero-order valence-electron chi connectivity index (χ0n) is 30.9. The monoisotopic (exact) mass is 738 g/mol. The number of anilines is 2. The minimum atomic E-state index is -0.985. The molecule has 0 aliphatic heterocycles.